The molecule has 1 heterocycles. The molecule has 22 heavy (non-hydrogen) atoms. The molecule has 1 saturated heterocycles. The van der Waals surface area contributed by atoms with Gasteiger partial charge in [-0.1, -0.05) is 13.0 Å². The Bertz CT molecular complexity index is 539. The fraction of sp³-hybridized carbons (Fsp3) is 0.529. The summed E-state index contributed by atoms with van der Waals surface area (Å²) in [5, 5.41) is 2.99. The summed E-state index contributed by atoms with van der Waals surface area (Å²) < 4.78 is 13.2. The van der Waals surface area contributed by atoms with E-state index >= 15 is 0 Å². The molecule has 1 aliphatic heterocycles. The van der Waals surface area contributed by atoms with E-state index in [1.807, 2.05) is 13.8 Å². The highest BCUT2D eigenvalue weighted by Gasteiger charge is 2.28. The highest BCUT2D eigenvalue weighted by atomic mass is 19.1. The SMILES string of the molecule is CC[C@H](C)NC(=O)C1CCN(C(=O)c2cccc(F)c2)CC1. The number of piperidine rings is 1. The van der Waals surface area contributed by atoms with Crippen LogP contribution in [0.5, 0.6) is 0 Å². The van der Waals surface area contributed by atoms with E-state index in [9.17, 15) is 14.0 Å². The number of benzene rings is 1. The zero-order valence-electron chi connectivity index (χ0n) is 13.1. The average molecular weight is 306 g/mol. The zero-order chi connectivity index (χ0) is 16.1. The first kappa shape index (κ1) is 16.5. The number of rotatable bonds is 4. The van der Waals surface area contributed by atoms with Crippen LogP contribution in [0.4, 0.5) is 4.39 Å². The Balaban J connectivity index is 1.89. The Kier molecular flexibility index (Phi) is 5.52. The number of hydrogen-bond acceptors (Lipinski definition) is 2. The number of carbonyl (C=O) groups is 2. The topological polar surface area (TPSA) is 49.4 Å². The molecule has 0 aliphatic carbocycles. The van der Waals surface area contributed by atoms with E-state index in [0.717, 1.165) is 6.42 Å². The molecule has 2 rings (SSSR count). The van der Waals surface area contributed by atoms with Gasteiger partial charge in [0.15, 0.2) is 0 Å². The fourth-order valence-corrected chi connectivity index (χ4v) is 2.61. The monoisotopic (exact) mass is 306 g/mol. The third-order valence-corrected chi connectivity index (χ3v) is 4.23. The van der Waals surface area contributed by atoms with Crippen molar-refractivity contribution in [3.8, 4) is 0 Å². The van der Waals surface area contributed by atoms with E-state index in [1.54, 1.807) is 11.0 Å². The predicted octanol–water partition coefficient (Wildman–Crippen LogP) is 2.59. The smallest absolute Gasteiger partial charge is 0.253 e. The molecule has 1 aromatic carbocycles. The van der Waals surface area contributed by atoms with E-state index in [1.165, 1.54) is 18.2 Å². The van der Waals surface area contributed by atoms with Crippen LogP contribution in [0.25, 0.3) is 0 Å². The van der Waals surface area contributed by atoms with Gasteiger partial charge in [-0.15, -0.1) is 0 Å². The van der Waals surface area contributed by atoms with Crippen LogP contribution in [0.15, 0.2) is 24.3 Å². The lowest BCUT2D eigenvalue weighted by Gasteiger charge is -2.32. The standard InChI is InChI=1S/C17H23FN2O2/c1-3-12(2)19-16(21)13-7-9-20(10-8-13)17(22)14-5-4-6-15(18)11-14/h4-6,11-13H,3,7-10H2,1-2H3,(H,19,21)/t12-/m0/s1. The molecule has 4 nitrogen and oxygen atoms in total. The fourth-order valence-electron chi connectivity index (χ4n) is 2.61. The van der Waals surface area contributed by atoms with Crippen LogP contribution in [0.1, 0.15) is 43.5 Å². The van der Waals surface area contributed by atoms with Crippen molar-refractivity contribution in [2.75, 3.05) is 13.1 Å². The maximum absolute atomic E-state index is 13.2. The zero-order valence-corrected chi connectivity index (χ0v) is 13.1. The van der Waals surface area contributed by atoms with Crippen LogP contribution in [-0.2, 0) is 4.79 Å². The van der Waals surface area contributed by atoms with Crippen LogP contribution in [0, 0.1) is 11.7 Å². The van der Waals surface area contributed by atoms with Gasteiger partial charge in [-0.3, -0.25) is 9.59 Å². The molecule has 1 atom stereocenters. The molecule has 5 heteroatoms. The van der Waals surface area contributed by atoms with E-state index in [0.29, 0.717) is 31.5 Å². The first-order chi connectivity index (χ1) is 10.5. The largest absolute Gasteiger partial charge is 0.353 e. The normalized spacial score (nSPS) is 17.1. The third-order valence-electron chi connectivity index (χ3n) is 4.23. The van der Waals surface area contributed by atoms with Crippen molar-refractivity contribution >= 4 is 11.8 Å². The molecule has 1 fully saturated rings. The van der Waals surface area contributed by atoms with Crippen molar-refractivity contribution in [1.29, 1.82) is 0 Å². The van der Waals surface area contributed by atoms with Crippen LogP contribution < -0.4 is 5.32 Å². The summed E-state index contributed by atoms with van der Waals surface area (Å²) in [6.07, 6.45) is 2.22. The quantitative estimate of drug-likeness (QED) is 0.929. The Hall–Kier alpha value is -1.91. The Morgan fingerprint density at radius 1 is 1.36 bits per heavy atom. The molecular weight excluding hydrogens is 283 g/mol. The second kappa shape index (κ2) is 7.38. The molecule has 0 radical (unpaired) electrons. The molecule has 1 N–H and O–H groups in total. The summed E-state index contributed by atoms with van der Waals surface area (Å²) in [7, 11) is 0. The molecule has 0 aromatic heterocycles. The number of hydrogen-bond donors (Lipinski definition) is 1. The van der Waals surface area contributed by atoms with Gasteiger partial charge in [-0.05, 0) is 44.4 Å². The lowest BCUT2D eigenvalue weighted by atomic mass is 9.95. The Morgan fingerprint density at radius 3 is 2.64 bits per heavy atom. The molecule has 1 aromatic rings. The van der Waals surface area contributed by atoms with Crippen LogP contribution in [-0.4, -0.2) is 35.8 Å². The summed E-state index contributed by atoms with van der Waals surface area (Å²) in [6, 6.07) is 5.91. The van der Waals surface area contributed by atoms with Crippen molar-refractivity contribution in [3.63, 3.8) is 0 Å². The Morgan fingerprint density at radius 2 is 2.05 bits per heavy atom. The van der Waals surface area contributed by atoms with Crippen LogP contribution in [0.3, 0.4) is 0 Å². The predicted molar refractivity (Wildman–Crippen MR) is 82.9 cm³/mol. The summed E-state index contributed by atoms with van der Waals surface area (Å²) in [5.41, 5.74) is 0.363. The van der Waals surface area contributed by atoms with Crippen LogP contribution in [0.2, 0.25) is 0 Å². The van der Waals surface area contributed by atoms with E-state index in [-0.39, 0.29) is 23.8 Å². The number of amides is 2. The molecule has 0 bridgehead atoms. The van der Waals surface area contributed by atoms with E-state index in [4.69, 9.17) is 0 Å². The molecule has 0 spiro atoms. The summed E-state index contributed by atoms with van der Waals surface area (Å²) >= 11 is 0. The maximum atomic E-state index is 13.2. The maximum Gasteiger partial charge on any atom is 0.253 e. The summed E-state index contributed by atoms with van der Waals surface area (Å²) in [5.74, 6) is -0.535. The van der Waals surface area contributed by atoms with Gasteiger partial charge in [0.05, 0.1) is 0 Å². The van der Waals surface area contributed by atoms with Crippen LogP contribution >= 0.6 is 0 Å². The van der Waals surface area contributed by atoms with Gasteiger partial charge in [-0.25, -0.2) is 4.39 Å². The van der Waals surface area contributed by atoms with Crippen molar-refractivity contribution in [2.45, 2.75) is 39.2 Å². The minimum Gasteiger partial charge on any atom is -0.353 e. The minimum absolute atomic E-state index is 0.0365. The Labute approximate surface area is 130 Å². The lowest BCUT2D eigenvalue weighted by molar-refractivity contribution is -0.126. The van der Waals surface area contributed by atoms with Gasteiger partial charge >= 0.3 is 0 Å². The molecule has 1 aliphatic rings. The third kappa shape index (κ3) is 4.06. The first-order valence-corrected chi connectivity index (χ1v) is 7.86. The van der Waals surface area contributed by atoms with Crippen molar-refractivity contribution in [1.82, 2.24) is 10.2 Å². The first-order valence-electron chi connectivity index (χ1n) is 7.86. The number of nitrogens with zero attached hydrogens (tertiary/aromatic N) is 1. The average Bonchev–Trinajstić information content (AvgIpc) is 2.54. The van der Waals surface area contributed by atoms with Crippen molar-refractivity contribution in [2.24, 2.45) is 5.92 Å². The van der Waals surface area contributed by atoms with Gasteiger partial charge < -0.3 is 10.2 Å². The van der Waals surface area contributed by atoms with Gasteiger partial charge in [-0.2, -0.15) is 0 Å². The molecule has 0 saturated carbocycles. The second-order valence-electron chi connectivity index (χ2n) is 5.89. The minimum atomic E-state index is -0.409. The highest BCUT2D eigenvalue weighted by Crippen LogP contribution is 2.20. The van der Waals surface area contributed by atoms with Gasteiger partial charge in [0.1, 0.15) is 5.82 Å². The van der Waals surface area contributed by atoms with Gasteiger partial charge in [0, 0.05) is 30.6 Å². The molecule has 120 valence electrons. The van der Waals surface area contributed by atoms with Crippen molar-refractivity contribution in [3.05, 3.63) is 35.6 Å². The van der Waals surface area contributed by atoms with Gasteiger partial charge in [0.25, 0.3) is 5.91 Å². The summed E-state index contributed by atoms with van der Waals surface area (Å²) in [6.45, 7) is 5.09. The van der Waals surface area contributed by atoms with E-state index in [2.05, 4.69) is 5.32 Å². The molecular formula is C17H23FN2O2. The number of carbonyl (C=O) groups excluding carboxylic acids is 2. The molecule has 2 amide bonds. The number of likely N-dealkylation sites (tertiary alicyclic amines) is 1. The number of halogens is 1. The number of nitrogens with one attached hydrogen (secondary N) is 1. The van der Waals surface area contributed by atoms with E-state index < -0.39 is 5.82 Å². The molecule has 0 unspecified atom stereocenters. The summed E-state index contributed by atoms with van der Waals surface area (Å²) in [4.78, 5) is 26.1. The lowest BCUT2D eigenvalue weighted by Crippen LogP contribution is -2.44. The van der Waals surface area contributed by atoms with Gasteiger partial charge in [0.2, 0.25) is 5.91 Å². The highest BCUT2D eigenvalue weighted by molar-refractivity contribution is 5.94. The second-order valence-corrected chi connectivity index (χ2v) is 5.89. The van der Waals surface area contributed by atoms with Crippen molar-refractivity contribution < 1.29 is 14.0 Å².